The van der Waals surface area contributed by atoms with Crippen molar-refractivity contribution in [2.45, 2.75) is 11.6 Å². The Morgan fingerprint density at radius 1 is 1.17 bits per heavy atom. The molecule has 3 N–H and O–H groups in total. The molecule has 0 bridgehead atoms. The van der Waals surface area contributed by atoms with Crippen LogP contribution in [0.15, 0.2) is 24.3 Å². The largest absolute Gasteiger partial charge is 0.480 e. The number of halogens is 4. The molecule has 0 heterocycles. The van der Waals surface area contributed by atoms with Crippen LogP contribution in [0.3, 0.4) is 0 Å². The zero-order chi connectivity index (χ0) is 14.0. The van der Waals surface area contributed by atoms with Crippen molar-refractivity contribution in [1.82, 2.24) is 0 Å². The van der Waals surface area contributed by atoms with Gasteiger partial charge in [0, 0.05) is 6.54 Å². The minimum atomic E-state index is -4.52. The van der Waals surface area contributed by atoms with Crippen LogP contribution in [0.4, 0.5) is 17.6 Å². The van der Waals surface area contributed by atoms with Gasteiger partial charge < -0.3 is 10.8 Å². The second-order valence-corrected chi connectivity index (χ2v) is 3.80. The van der Waals surface area contributed by atoms with Crippen molar-refractivity contribution < 1.29 is 27.5 Å². The number of rotatable bonds is 4. The Kier molecular flexibility index (Phi) is 3.95. The lowest BCUT2D eigenvalue weighted by molar-refractivity contribution is -0.144. The summed E-state index contributed by atoms with van der Waals surface area (Å²) in [7, 11) is 0. The number of hydrogen-bond donors (Lipinski definition) is 2. The van der Waals surface area contributed by atoms with Crippen molar-refractivity contribution >= 4 is 5.97 Å². The quantitative estimate of drug-likeness (QED) is 0.818. The highest BCUT2D eigenvalue weighted by Crippen LogP contribution is 2.31. The fraction of sp³-hybridized carbons (Fsp3) is 0.364. The van der Waals surface area contributed by atoms with Gasteiger partial charge in [-0.05, 0) is 17.7 Å². The molecule has 1 unspecified atom stereocenters. The van der Waals surface area contributed by atoms with Gasteiger partial charge in [-0.2, -0.15) is 13.2 Å². The van der Waals surface area contributed by atoms with Crippen molar-refractivity contribution in [2.24, 2.45) is 5.73 Å². The predicted molar refractivity (Wildman–Crippen MR) is 55.8 cm³/mol. The van der Waals surface area contributed by atoms with Crippen molar-refractivity contribution in [2.75, 3.05) is 13.2 Å². The Bertz CT molecular complexity index is 424. The molecule has 3 nitrogen and oxygen atoms in total. The minimum Gasteiger partial charge on any atom is -0.480 e. The van der Waals surface area contributed by atoms with E-state index >= 15 is 0 Å². The van der Waals surface area contributed by atoms with Gasteiger partial charge in [-0.15, -0.1) is 0 Å². The summed E-state index contributed by atoms with van der Waals surface area (Å²) < 4.78 is 49.9. The first-order chi connectivity index (χ1) is 8.28. The molecular formula is C11H11F4NO2. The summed E-state index contributed by atoms with van der Waals surface area (Å²) in [5.41, 5.74) is 2.22. The summed E-state index contributed by atoms with van der Waals surface area (Å²) in [5, 5.41) is 8.96. The van der Waals surface area contributed by atoms with Gasteiger partial charge in [0.15, 0.2) is 0 Å². The standard InChI is InChI=1S/C11H11F4NO2/c12-5-10(6-16,9(17)18)7-1-3-8(4-2-7)11(13,14)15/h1-4H,5-6,16H2,(H,17,18). The number of nitrogens with two attached hydrogens (primary N) is 1. The maximum atomic E-state index is 12.9. The summed E-state index contributed by atoms with van der Waals surface area (Å²) >= 11 is 0. The van der Waals surface area contributed by atoms with Crippen molar-refractivity contribution in [3.05, 3.63) is 35.4 Å². The molecule has 0 amide bonds. The van der Waals surface area contributed by atoms with E-state index in [0.717, 1.165) is 12.1 Å². The molecule has 18 heavy (non-hydrogen) atoms. The van der Waals surface area contributed by atoms with E-state index in [2.05, 4.69) is 0 Å². The first kappa shape index (κ1) is 14.4. The SMILES string of the molecule is NCC(CF)(C(=O)O)c1ccc(C(F)(F)F)cc1. The van der Waals surface area contributed by atoms with Crippen molar-refractivity contribution in [1.29, 1.82) is 0 Å². The maximum absolute atomic E-state index is 12.9. The molecule has 0 aliphatic rings. The van der Waals surface area contributed by atoms with E-state index in [4.69, 9.17) is 10.8 Å². The Hall–Kier alpha value is -1.63. The van der Waals surface area contributed by atoms with E-state index in [-0.39, 0.29) is 5.56 Å². The van der Waals surface area contributed by atoms with Gasteiger partial charge in [0.1, 0.15) is 12.1 Å². The third kappa shape index (κ3) is 2.45. The normalized spacial score (nSPS) is 15.2. The van der Waals surface area contributed by atoms with E-state index in [1.807, 2.05) is 0 Å². The van der Waals surface area contributed by atoms with E-state index in [1.54, 1.807) is 0 Å². The first-order valence-corrected chi connectivity index (χ1v) is 4.95. The minimum absolute atomic E-state index is 0.0898. The van der Waals surface area contributed by atoms with Crippen LogP contribution in [0.2, 0.25) is 0 Å². The molecule has 1 aromatic carbocycles. The van der Waals surface area contributed by atoms with E-state index in [9.17, 15) is 22.4 Å². The molecule has 100 valence electrons. The first-order valence-electron chi connectivity index (χ1n) is 4.95. The third-order valence-corrected chi connectivity index (χ3v) is 2.75. The summed E-state index contributed by atoms with van der Waals surface area (Å²) in [6, 6.07) is 3.28. The van der Waals surface area contributed by atoms with Gasteiger partial charge in [0.25, 0.3) is 0 Å². The second-order valence-electron chi connectivity index (χ2n) is 3.80. The average molecular weight is 265 g/mol. The summed E-state index contributed by atoms with van der Waals surface area (Å²) in [5.74, 6) is -1.51. The van der Waals surface area contributed by atoms with Gasteiger partial charge >= 0.3 is 12.1 Å². The van der Waals surface area contributed by atoms with Gasteiger partial charge in [-0.3, -0.25) is 4.79 Å². The van der Waals surface area contributed by atoms with Gasteiger partial charge in [0.2, 0.25) is 0 Å². The van der Waals surface area contributed by atoms with Crippen LogP contribution < -0.4 is 5.73 Å². The number of hydrogen-bond acceptors (Lipinski definition) is 2. The van der Waals surface area contributed by atoms with Crippen molar-refractivity contribution in [3.8, 4) is 0 Å². The predicted octanol–water partition coefficient (Wildman–Crippen LogP) is 1.96. The zero-order valence-electron chi connectivity index (χ0n) is 9.17. The summed E-state index contributed by atoms with van der Waals surface area (Å²) in [6.07, 6.45) is -4.52. The van der Waals surface area contributed by atoms with Gasteiger partial charge in [-0.1, -0.05) is 12.1 Å². The van der Waals surface area contributed by atoms with Crippen LogP contribution in [-0.2, 0) is 16.4 Å². The highest BCUT2D eigenvalue weighted by atomic mass is 19.4. The van der Waals surface area contributed by atoms with Gasteiger partial charge in [0.05, 0.1) is 5.56 Å². The molecule has 0 saturated carbocycles. The fourth-order valence-electron chi connectivity index (χ4n) is 1.50. The van der Waals surface area contributed by atoms with Crippen molar-refractivity contribution in [3.63, 3.8) is 0 Å². The van der Waals surface area contributed by atoms with Crippen LogP contribution in [0.25, 0.3) is 0 Å². The van der Waals surface area contributed by atoms with Crippen LogP contribution in [0.5, 0.6) is 0 Å². The second kappa shape index (κ2) is 4.93. The molecule has 1 atom stereocenters. The number of carbonyl (C=O) groups is 1. The molecule has 1 aromatic rings. The lowest BCUT2D eigenvalue weighted by Crippen LogP contribution is -2.45. The highest BCUT2D eigenvalue weighted by molar-refractivity contribution is 5.82. The van der Waals surface area contributed by atoms with Crippen LogP contribution in [0, 0.1) is 0 Å². The number of carboxylic acid groups (broad SMARTS) is 1. The van der Waals surface area contributed by atoms with Gasteiger partial charge in [-0.25, -0.2) is 4.39 Å². The zero-order valence-corrected chi connectivity index (χ0v) is 9.17. The molecule has 0 spiro atoms. The molecule has 7 heteroatoms. The molecule has 0 saturated heterocycles. The molecule has 0 radical (unpaired) electrons. The molecule has 0 aliphatic heterocycles. The third-order valence-electron chi connectivity index (χ3n) is 2.75. The van der Waals surface area contributed by atoms with E-state index < -0.39 is 36.3 Å². The summed E-state index contributed by atoms with van der Waals surface area (Å²) in [4.78, 5) is 11.0. The number of benzene rings is 1. The van der Waals surface area contributed by atoms with E-state index in [1.165, 1.54) is 0 Å². The smallest absolute Gasteiger partial charge is 0.416 e. The number of carboxylic acids is 1. The molecular weight excluding hydrogens is 254 g/mol. The fourth-order valence-corrected chi connectivity index (χ4v) is 1.50. The Morgan fingerprint density at radius 3 is 1.89 bits per heavy atom. The topological polar surface area (TPSA) is 63.3 Å². The Morgan fingerprint density at radius 2 is 1.61 bits per heavy atom. The Labute approximate surface area is 100 Å². The molecule has 0 aromatic heterocycles. The number of alkyl halides is 4. The summed E-state index contributed by atoms with van der Waals surface area (Å²) in [6.45, 7) is -1.83. The highest BCUT2D eigenvalue weighted by Gasteiger charge is 2.40. The van der Waals surface area contributed by atoms with Crippen LogP contribution in [0.1, 0.15) is 11.1 Å². The number of aliphatic carboxylic acids is 1. The average Bonchev–Trinajstić information content (AvgIpc) is 2.30. The van der Waals surface area contributed by atoms with Crippen LogP contribution >= 0.6 is 0 Å². The molecule has 0 fully saturated rings. The van der Waals surface area contributed by atoms with E-state index in [0.29, 0.717) is 12.1 Å². The Balaban J connectivity index is 3.21. The van der Waals surface area contributed by atoms with Crippen LogP contribution in [-0.4, -0.2) is 24.3 Å². The molecule has 0 aliphatic carbocycles. The maximum Gasteiger partial charge on any atom is 0.416 e. The monoisotopic (exact) mass is 265 g/mol. The molecule has 1 rings (SSSR count). The lowest BCUT2D eigenvalue weighted by atomic mass is 9.81. The lowest BCUT2D eigenvalue weighted by Gasteiger charge is -2.25.